The van der Waals surface area contributed by atoms with Crippen molar-refractivity contribution in [1.82, 2.24) is 5.32 Å². The Morgan fingerprint density at radius 3 is 2.44 bits per heavy atom. The van der Waals surface area contributed by atoms with Gasteiger partial charge in [0.25, 0.3) is 0 Å². The van der Waals surface area contributed by atoms with Gasteiger partial charge in [-0.15, -0.1) is 0 Å². The number of nitrogens with one attached hydrogen (secondary N) is 1. The van der Waals surface area contributed by atoms with Gasteiger partial charge >= 0.3 is 0 Å². The van der Waals surface area contributed by atoms with Crippen LogP contribution in [0.3, 0.4) is 0 Å². The number of carbonyl (C=O) groups excluding carboxylic acids is 1. The largest absolute Gasteiger partial charge is 0.450 e. The van der Waals surface area contributed by atoms with Crippen molar-refractivity contribution in [3.63, 3.8) is 0 Å². The second-order valence-corrected chi connectivity index (χ2v) is 5.93. The van der Waals surface area contributed by atoms with E-state index in [0.717, 1.165) is 0 Å². The van der Waals surface area contributed by atoms with E-state index in [4.69, 9.17) is 4.42 Å². The number of hydrogen-bond donors (Lipinski definition) is 2. The van der Waals surface area contributed by atoms with Gasteiger partial charge in [0.15, 0.2) is 4.67 Å². The molecule has 2 N–H and O–H groups in total. The molecule has 1 rings (SSSR count). The van der Waals surface area contributed by atoms with Gasteiger partial charge in [0, 0.05) is 6.08 Å². The fourth-order valence-corrected chi connectivity index (χ4v) is 1.40. The van der Waals surface area contributed by atoms with Crippen molar-refractivity contribution in [2.24, 2.45) is 0 Å². The Labute approximate surface area is 115 Å². The lowest BCUT2D eigenvalue weighted by atomic mass is 9.86. The van der Waals surface area contributed by atoms with Crippen molar-refractivity contribution in [3.05, 3.63) is 28.6 Å². The van der Waals surface area contributed by atoms with Gasteiger partial charge in [0.05, 0.1) is 11.1 Å². The summed E-state index contributed by atoms with van der Waals surface area (Å²) in [5.74, 6) is 0.299. The first-order valence-electron chi connectivity index (χ1n) is 5.60. The van der Waals surface area contributed by atoms with Crippen LogP contribution in [0.1, 0.15) is 33.5 Å². The van der Waals surface area contributed by atoms with E-state index in [1.54, 1.807) is 45.9 Å². The van der Waals surface area contributed by atoms with Crippen LogP contribution in [0.2, 0.25) is 0 Å². The molecule has 0 saturated carbocycles. The maximum Gasteiger partial charge on any atom is 0.244 e. The minimum Gasteiger partial charge on any atom is -0.450 e. The first-order chi connectivity index (χ1) is 8.12. The van der Waals surface area contributed by atoms with E-state index in [0.29, 0.717) is 10.4 Å². The van der Waals surface area contributed by atoms with E-state index < -0.39 is 11.1 Å². The van der Waals surface area contributed by atoms with E-state index in [1.807, 2.05) is 0 Å². The molecule has 0 aliphatic rings. The Balaban J connectivity index is 2.65. The molecule has 100 valence electrons. The first kappa shape index (κ1) is 15.0. The molecule has 1 heterocycles. The third-order valence-electron chi connectivity index (χ3n) is 2.96. The Bertz CT molecular complexity index is 455. The Hall–Kier alpha value is -1.07. The summed E-state index contributed by atoms with van der Waals surface area (Å²) in [7, 11) is 0. The lowest BCUT2D eigenvalue weighted by Crippen LogP contribution is -2.57. The van der Waals surface area contributed by atoms with E-state index in [-0.39, 0.29) is 5.91 Å². The molecule has 0 fully saturated rings. The summed E-state index contributed by atoms with van der Waals surface area (Å²) in [6.07, 6.45) is 2.94. The Kier molecular flexibility index (Phi) is 4.40. The van der Waals surface area contributed by atoms with Crippen LogP contribution in [0, 0.1) is 0 Å². The second kappa shape index (κ2) is 5.28. The number of furan rings is 1. The Morgan fingerprint density at radius 1 is 1.39 bits per heavy atom. The average molecular weight is 316 g/mol. The van der Waals surface area contributed by atoms with Gasteiger partial charge < -0.3 is 14.8 Å². The molecule has 0 bridgehead atoms. The van der Waals surface area contributed by atoms with Crippen LogP contribution < -0.4 is 5.32 Å². The highest BCUT2D eigenvalue weighted by atomic mass is 79.9. The van der Waals surface area contributed by atoms with Crippen LogP contribution in [-0.4, -0.2) is 22.2 Å². The van der Waals surface area contributed by atoms with Crippen LogP contribution >= 0.6 is 15.9 Å². The van der Waals surface area contributed by atoms with Crippen LogP contribution in [0.4, 0.5) is 0 Å². The molecular formula is C13H18BrNO3. The van der Waals surface area contributed by atoms with E-state index in [2.05, 4.69) is 21.2 Å². The highest BCUT2D eigenvalue weighted by molar-refractivity contribution is 9.10. The summed E-state index contributed by atoms with van der Waals surface area (Å²) in [5.41, 5.74) is -1.73. The van der Waals surface area contributed by atoms with Crippen molar-refractivity contribution >= 4 is 27.9 Å². The molecule has 1 aromatic rings. The lowest BCUT2D eigenvalue weighted by Gasteiger charge is -2.37. The number of rotatable bonds is 4. The molecule has 0 spiro atoms. The molecule has 18 heavy (non-hydrogen) atoms. The molecule has 0 aliphatic heterocycles. The number of aliphatic hydroxyl groups is 1. The maximum absolute atomic E-state index is 11.7. The zero-order chi connectivity index (χ0) is 14.0. The van der Waals surface area contributed by atoms with Gasteiger partial charge in [0.1, 0.15) is 5.76 Å². The standard InChI is InChI=1S/C13H18BrNO3/c1-12(2,13(3,4)17)15-11(16)8-6-9-5-7-10(14)18-9/h5-8,17H,1-4H3,(H,15,16)/b8-6+. The summed E-state index contributed by atoms with van der Waals surface area (Å²) >= 11 is 3.18. The fourth-order valence-electron chi connectivity index (χ4n) is 1.08. The molecule has 0 aromatic carbocycles. The summed E-state index contributed by atoms with van der Waals surface area (Å²) < 4.78 is 5.84. The van der Waals surface area contributed by atoms with Crippen LogP contribution in [0.15, 0.2) is 27.3 Å². The van der Waals surface area contributed by atoms with Gasteiger partial charge in [0.2, 0.25) is 5.91 Å². The van der Waals surface area contributed by atoms with Gasteiger partial charge in [-0.1, -0.05) is 0 Å². The van der Waals surface area contributed by atoms with Crippen molar-refractivity contribution in [2.75, 3.05) is 0 Å². The van der Waals surface area contributed by atoms with E-state index >= 15 is 0 Å². The molecule has 0 saturated heterocycles. The predicted molar refractivity (Wildman–Crippen MR) is 74.0 cm³/mol. The minimum atomic E-state index is -1.01. The topological polar surface area (TPSA) is 62.5 Å². The molecule has 1 amide bonds. The molecule has 0 aliphatic carbocycles. The summed E-state index contributed by atoms with van der Waals surface area (Å²) in [6, 6.07) is 3.49. The van der Waals surface area contributed by atoms with Gasteiger partial charge in [-0.2, -0.15) is 0 Å². The van der Waals surface area contributed by atoms with E-state index in [9.17, 15) is 9.90 Å². The molecule has 0 atom stereocenters. The minimum absolute atomic E-state index is 0.283. The van der Waals surface area contributed by atoms with Crippen molar-refractivity contribution < 1.29 is 14.3 Å². The van der Waals surface area contributed by atoms with Gasteiger partial charge in [-0.05, 0) is 61.8 Å². The third kappa shape index (κ3) is 3.99. The van der Waals surface area contributed by atoms with Gasteiger partial charge in [-0.25, -0.2) is 0 Å². The molecule has 1 aromatic heterocycles. The Morgan fingerprint density at radius 2 is 2.00 bits per heavy atom. The average Bonchev–Trinajstić information content (AvgIpc) is 2.59. The van der Waals surface area contributed by atoms with Crippen LogP contribution in [-0.2, 0) is 4.79 Å². The zero-order valence-electron chi connectivity index (χ0n) is 11.0. The first-order valence-corrected chi connectivity index (χ1v) is 6.39. The SMILES string of the molecule is CC(C)(O)C(C)(C)NC(=O)/C=C/c1ccc(Br)o1. The zero-order valence-corrected chi connectivity index (χ0v) is 12.5. The van der Waals surface area contributed by atoms with Crippen molar-refractivity contribution in [1.29, 1.82) is 0 Å². The molecular weight excluding hydrogens is 298 g/mol. The van der Waals surface area contributed by atoms with Crippen LogP contribution in [0.25, 0.3) is 6.08 Å². The normalized spacial score (nSPS) is 13.0. The smallest absolute Gasteiger partial charge is 0.244 e. The fraction of sp³-hybridized carbons (Fsp3) is 0.462. The van der Waals surface area contributed by atoms with Crippen molar-refractivity contribution in [2.45, 2.75) is 38.8 Å². The number of carbonyl (C=O) groups is 1. The van der Waals surface area contributed by atoms with E-state index in [1.165, 1.54) is 6.08 Å². The van der Waals surface area contributed by atoms with Crippen LogP contribution in [0.5, 0.6) is 0 Å². The highest BCUT2D eigenvalue weighted by Gasteiger charge is 2.35. The number of hydrogen-bond acceptors (Lipinski definition) is 3. The predicted octanol–water partition coefficient (Wildman–Crippen LogP) is 2.72. The second-order valence-electron chi connectivity index (χ2n) is 5.15. The molecule has 0 unspecified atom stereocenters. The van der Waals surface area contributed by atoms with Crippen molar-refractivity contribution in [3.8, 4) is 0 Å². The summed E-state index contributed by atoms with van der Waals surface area (Å²) in [5, 5.41) is 12.7. The number of amides is 1. The maximum atomic E-state index is 11.7. The third-order valence-corrected chi connectivity index (χ3v) is 3.38. The lowest BCUT2D eigenvalue weighted by molar-refractivity contribution is -0.121. The molecule has 0 radical (unpaired) electrons. The number of halogens is 1. The molecule has 4 nitrogen and oxygen atoms in total. The summed E-state index contributed by atoms with van der Waals surface area (Å²) in [6.45, 7) is 6.84. The quantitative estimate of drug-likeness (QED) is 0.840. The highest BCUT2D eigenvalue weighted by Crippen LogP contribution is 2.20. The summed E-state index contributed by atoms with van der Waals surface area (Å²) in [4.78, 5) is 11.7. The molecule has 5 heteroatoms. The van der Waals surface area contributed by atoms with Gasteiger partial charge in [-0.3, -0.25) is 4.79 Å². The monoisotopic (exact) mass is 315 g/mol.